The van der Waals surface area contributed by atoms with Crippen molar-refractivity contribution >= 4 is 17.7 Å². The highest BCUT2D eigenvalue weighted by molar-refractivity contribution is 5.90. The van der Waals surface area contributed by atoms with E-state index in [2.05, 4.69) is 15.7 Å². The van der Waals surface area contributed by atoms with Crippen molar-refractivity contribution in [1.29, 1.82) is 0 Å². The van der Waals surface area contributed by atoms with Crippen LogP contribution in [0.1, 0.15) is 12.6 Å². The summed E-state index contributed by atoms with van der Waals surface area (Å²) in [7, 11) is 3.03. The molecule has 8 heteroatoms. The minimum absolute atomic E-state index is 0.112. The zero-order chi connectivity index (χ0) is 14.4. The van der Waals surface area contributed by atoms with Crippen LogP contribution in [0.2, 0.25) is 0 Å². The molecule has 1 aromatic heterocycles. The van der Waals surface area contributed by atoms with Gasteiger partial charge in [0.1, 0.15) is 0 Å². The van der Waals surface area contributed by atoms with Crippen molar-refractivity contribution in [3.8, 4) is 0 Å². The molecule has 0 aromatic carbocycles. The van der Waals surface area contributed by atoms with Gasteiger partial charge in [0, 0.05) is 20.4 Å². The number of hydrogen-bond acceptors (Lipinski definition) is 4. The molecule has 0 saturated carbocycles. The van der Waals surface area contributed by atoms with Crippen LogP contribution < -0.4 is 10.6 Å². The second-order valence-corrected chi connectivity index (χ2v) is 3.91. The van der Waals surface area contributed by atoms with E-state index in [1.807, 2.05) is 6.92 Å². The number of aryl methyl sites for hydroxylation is 2. The van der Waals surface area contributed by atoms with E-state index in [0.717, 1.165) is 5.69 Å². The summed E-state index contributed by atoms with van der Waals surface area (Å²) in [5.74, 6) is -1.13. The summed E-state index contributed by atoms with van der Waals surface area (Å²) in [5.41, 5.74) is 1.37. The number of amides is 2. The molecule has 19 heavy (non-hydrogen) atoms. The predicted molar refractivity (Wildman–Crippen MR) is 68.0 cm³/mol. The molecule has 0 aliphatic rings. The molecule has 0 bridgehead atoms. The van der Waals surface area contributed by atoms with Crippen LogP contribution in [0.5, 0.6) is 0 Å². The molecule has 0 radical (unpaired) electrons. The minimum atomic E-state index is -1.13. The number of rotatable bonds is 6. The normalized spacial score (nSPS) is 11.9. The zero-order valence-electron chi connectivity index (χ0n) is 11.1. The van der Waals surface area contributed by atoms with E-state index < -0.39 is 18.1 Å². The Balaban J connectivity index is 2.53. The van der Waals surface area contributed by atoms with Crippen molar-refractivity contribution in [3.05, 3.63) is 11.9 Å². The molecule has 106 valence electrons. The van der Waals surface area contributed by atoms with Gasteiger partial charge in [-0.2, -0.15) is 5.10 Å². The van der Waals surface area contributed by atoms with Crippen LogP contribution in [0.15, 0.2) is 6.20 Å². The molecule has 0 saturated heterocycles. The second kappa shape index (κ2) is 6.74. The van der Waals surface area contributed by atoms with Gasteiger partial charge in [-0.3, -0.25) is 4.68 Å². The fourth-order valence-corrected chi connectivity index (χ4v) is 1.52. The summed E-state index contributed by atoms with van der Waals surface area (Å²) in [5, 5.41) is 18.0. The zero-order valence-corrected chi connectivity index (χ0v) is 11.1. The summed E-state index contributed by atoms with van der Waals surface area (Å²) in [6.45, 7) is 1.82. The summed E-state index contributed by atoms with van der Waals surface area (Å²) in [6.07, 6.45) is 1.31. The van der Waals surface area contributed by atoms with Gasteiger partial charge in [0.15, 0.2) is 6.10 Å². The lowest BCUT2D eigenvalue weighted by Crippen LogP contribution is -2.39. The van der Waals surface area contributed by atoms with Crippen LogP contribution >= 0.6 is 0 Å². The monoisotopic (exact) mass is 270 g/mol. The average Bonchev–Trinajstić information content (AvgIpc) is 2.69. The number of hydrogen-bond donors (Lipinski definition) is 3. The van der Waals surface area contributed by atoms with Gasteiger partial charge in [-0.05, 0) is 6.42 Å². The van der Waals surface area contributed by atoms with Crippen molar-refractivity contribution in [2.24, 2.45) is 7.05 Å². The molecule has 1 rings (SSSR count). The molecule has 1 unspecified atom stereocenters. The van der Waals surface area contributed by atoms with Crippen molar-refractivity contribution in [2.45, 2.75) is 19.4 Å². The van der Waals surface area contributed by atoms with Crippen LogP contribution in [0.3, 0.4) is 0 Å². The summed E-state index contributed by atoms with van der Waals surface area (Å²) < 4.78 is 6.30. The number of nitrogens with zero attached hydrogens (tertiary/aromatic N) is 2. The van der Waals surface area contributed by atoms with Gasteiger partial charge in [-0.15, -0.1) is 0 Å². The third kappa shape index (κ3) is 4.25. The SMILES string of the molecule is CCc1nn(C)cc1NC(=O)NCC(OC)C(=O)O. The van der Waals surface area contributed by atoms with Crippen LogP contribution in [-0.2, 0) is 23.0 Å². The maximum absolute atomic E-state index is 11.6. The summed E-state index contributed by atoms with van der Waals surface area (Å²) in [4.78, 5) is 22.3. The molecular weight excluding hydrogens is 252 g/mol. The van der Waals surface area contributed by atoms with Gasteiger partial charge in [-0.1, -0.05) is 6.92 Å². The largest absolute Gasteiger partial charge is 0.479 e. The Kier molecular flexibility index (Phi) is 5.31. The number of nitrogens with one attached hydrogen (secondary N) is 2. The van der Waals surface area contributed by atoms with Crippen molar-refractivity contribution in [3.63, 3.8) is 0 Å². The molecule has 0 spiro atoms. The van der Waals surface area contributed by atoms with Gasteiger partial charge in [0.2, 0.25) is 0 Å². The summed E-state index contributed by atoms with van der Waals surface area (Å²) in [6, 6.07) is -0.494. The third-order valence-electron chi connectivity index (χ3n) is 2.50. The fourth-order valence-electron chi connectivity index (χ4n) is 1.52. The molecule has 0 aliphatic carbocycles. The number of aromatic nitrogens is 2. The molecule has 1 heterocycles. The molecule has 8 nitrogen and oxygen atoms in total. The molecule has 2 amide bonds. The van der Waals surface area contributed by atoms with E-state index in [1.165, 1.54) is 7.11 Å². The topological polar surface area (TPSA) is 105 Å². The Hall–Kier alpha value is -2.09. The van der Waals surface area contributed by atoms with E-state index in [-0.39, 0.29) is 6.54 Å². The lowest BCUT2D eigenvalue weighted by Gasteiger charge is -2.12. The van der Waals surface area contributed by atoms with Crippen LogP contribution in [0, 0.1) is 0 Å². The molecular formula is C11H18N4O4. The Morgan fingerprint density at radius 2 is 2.26 bits per heavy atom. The van der Waals surface area contributed by atoms with E-state index >= 15 is 0 Å². The number of carbonyl (C=O) groups excluding carboxylic acids is 1. The van der Waals surface area contributed by atoms with Gasteiger partial charge in [0.05, 0.1) is 17.9 Å². The fraction of sp³-hybridized carbons (Fsp3) is 0.545. The third-order valence-corrected chi connectivity index (χ3v) is 2.50. The van der Waals surface area contributed by atoms with Crippen molar-refractivity contribution < 1.29 is 19.4 Å². The summed E-state index contributed by atoms with van der Waals surface area (Å²) >= 11 is 0. The van der Waals surface area contributed by atoms with Gasteiger partial charge in [-0.25, -0.2) is 9.59 Å². The Morgan fingerprint density at radius 1 is 1.58 bits per heavy atom. The van der Waals surface area contributed by atoms with Gasteiger partial charge in [0.25, 0.3) is 0 Å². The highest BCUT2D eigenvalue weighted by atomic mass is 16.5. The first kappa shape index (κ1) is 15.0. The Morgan fingerprint density at radius 3 is 2.79 bits per heavy atom. The number of methoxy groups -OCH3 is 1. The quantitative estimate of drug-likeness (QED) is 0.685. The van der Waals surface area contributed by atoms with Crippen LogP contribution in [0.25, 0.3) is 0 Å². The van der Waals surface area contributed by atoms with Crippen molar-refractivity contribution in [1.82, 2.24) is 15.1 Å². The van der Waals surface area contributed by atoms with E-state index in [9.17, 15) is 9.59 Å². The number of carbonyl (C=O) groups is 2. The molecule has 1 aromatic rings. The lowest BCUT2D eigenvalue weighted by molar-refractivity contribution is -0.147. The van der Waals surface area contributed by atoms with E-state index in [0.29, 0.717) is 12.1 Å². The van der Waals surface area contributed by atoms with Crippen LogP contribution in [-0.4, -0.2) is 46.6 Å². The first-order chi connectivity index (χ1) is 8.97. The first-order valence-corrected chi connectivity index (χ1v) is 5.80. The van der Waals surface area contributed by atoms with Crippen LogP contribution in [0.4, 0.5) is 10.5 Å². The number of ether oxygens (including phenoxy) is 1. The Labute approximate surface area is 110 Å². The predicted octanol–water partition coefficient (Wildman–Crippen LogP) is 0.204. The molecule has 3 N–H and O–H groups in total. The van der Waals surface area contributed by atoms with Gasteiger partial charge < -0.3 is 20.5 Å². The number of urea groups is 1. The molecule has 1 atom stereocenters. The van der Waals surface area contributed by atoms with E-state index in [4.69, 9.17) is 9.84 Å². The lowest BCUT2D eigenvalue weighted by atomic mass is 10.3. The highest BCUT2D eigenvalue weighted by Gasteiger charge is 2.17. The smallest absolute Gasteiger partial charge is 0.334 e. The van der Waals surface area contributed by atoms with E-state index in [1.54, 1.807) is 17.9 Å². The first-order valence-electron chi connectivity index (χ1n) is 5.80. The van der Waals surface area contributed by atoms with Crippen molar-refractivity contribution in [2.75, 3.05) is 19.0 Å². The maximum Gasteiger partial charge on any atom is 0.334 e. The number of carboxylic acids is 1. The second-order valence-electron chi connectivity index (χ2n) is 3.91. The van der Waals surface area contributed by atoms with Gasteiger partial charge >= 0.3 is 12.0 Å². The molecule has 0 aliphatic heterocycles. The number of carboxylic acid groups (broad SMARTS) is 1. The number of aliphatic carboxylic acids is 1. The molecule has 0 fully saturated rings. The minimum Gasteiger partial charge on any atom is -0.479 e. The Bertz CT molecular complexity index is 458. The standard InChI is InChI=1S/C11H18N4O4/c1-4-7-8(6-15(2)14-7)13-11(18)12-5-9(19-3)10(16)17/h6,9H,4-5H2,1-3H3,(H,16,17)(H2,12,13,18). The number of anilines is 1. The maximum atomic E-state index is 11.6. The highest BCUT2D eigenvalue weighted by Crippen LogP contribution is 2.13. The average molecular weight is 270 g/mol.